The molecule has 22 heavy (non-hydrogen) atoms. The molecular formula is C17H20N4O. The fourth-order valence-electron chi connectivity index (χ4n) is 1.49. The summed E-state index contributed by atoms with van der Waals surface area (Å²) in [6.07, 6.45) is 1.49. The second-order valence-corrected chi connectivity index (χ2v) is 5.88. The van der Waals surface area contributed by atoms with Crippen molar-refractivity contribution in [2.45, 2.75) is 20.8 Å². The van der Waals surface area contributed by atoms with Gasteiger partial charge in [0, 0.05) is 18.4 Å². The van der Waals surface area contributed by atoms with Crippen molar-refractivity contribution in [2.24, 2.45) is 10.4 Å². The van der Waals surface area contributed by atoms with Gasteiger partial charge in [0.25, 0.3) is 0 Å². The Kier molecular flexibility index (Phi) is 6.16. The van der Waals surface area contributed by atoms with E-state index in [4.69, 9.17) is 4.74 Å². The maximum atomic E-state index is 9.21. The average molecular weight is 296 g/mol. The van der Waals surface area contributed by atoms with Gasteiger partial charge in [-0.1, -0.05) is 20.8 Å². The third-order valence-corrected chi connectivity index (χ3v) is 2.67. The summed E-state index contributed by atoms with van der Waals surface area (Å²) in [5.74, 6) is 0.750. The van der Waals surface area contributed by atoms with Crippen molar-refractivity contribution >= 4 is 11.4 Å². The lowest BCUT2D eigenvalue weighted by Gasteiger charge is -2.14. The van der Waals surface area contributed by atoms with Crippen molar-refractivity contribution in [3.8, 4) is 17.9 Å². The maximum Gasteiger partial charge on any atom is 0.154 e. The molecule has 0 aliphatic carbocycles. The van der Waals surface area contributed by atoms with Crippen LogP contribution in [0.2, 0.25) is 0 Å². The van der Waals surface area contributed by atoms with Gasteiger partial charge in [-0.05, 0) is 29.7 Å². The molecule has 0 aliphatic rings. The zero-order valence-electron chi connectivity index (χ0n) is 13.3. The van der Waals surface area contributed by atoms with Crippen LogP contribution in [0.4, 0.5) is 5.69 Å². The van der Waals surface area contributed by atoms with Crippen molar-refractivity contribution in [1.82, 2.24) is 0 Å². The second kappa shape index (κ2) is 7.85. The van der Waals surface area contributed by atoms with E-state index in [-0.39, 0.29) is 16.7 Å². The molecule has 0 spiro atoms. The molecule has 114 valence electrons. The summed E-state index contributed by atoms with van der Waals surface area (Å²) in [5, 5.41) is 21.4. The van der Waals surface area contributed by atoms with Gasteiger partial charge in [0.2, 0.25) is 0 Å². The number of ether oxygens (including phenoxy) is 1. The molecule has 5 nitrogen and oxygen atoms in total. The number of hydrogen-bond donors (Lipinski definition) is 1. The van der Waals surface area contributed by atoms with Gasteiger partial charge in [-0.2, -0.15) is 10.5 Å². The molecule has 5 heteroatoms. The van der Waals surface area contributed by atoms with Gasteiger partial charge < -0.3 is 10.1 Å². The number of anilines is 1. The number of aliphatic imine (C=N–C) groups is 1. The average Bonchev–Trinajstić information content (AvgIpc) is 2.50. The molecule has 0 amide bonds. The highest BCUT2D eigenvalue weighted by Gasteiger charge is 2.12. The Hall–Kier alpha value is -2.79. The first-order valence-electron chi connectivity index (χ1n) is 6.85. The molecule has 1 aromatic rings. The molecule has 0 radical (unpaired) electrons. The third kappa shape index (κ3) is 5.68. The molecule has 0 fully saturated rings. The maximum absolute atomic E-state index is 9.21. The van der Waals surface area contributed by atoms with Crippen molar-refractivity contribution in [1.29, 1.82) is 10.5 Å². The largest absolute Gasteiger partial charge is 0.497 e. The minimum Gasteiger partial charge on any atom is -0.497 e. The number of rotatable bonds is 5. The molecule has 0 saturated heterocycles. The smallest absolute Gasteiger partial charge is 0.154 e. The van der Waals surface area contributed by atoms with Crippen LogP contribution in [0.15, 0.2) is 41.0 Å². The van der Waals surface area contributed by atoms with Crippen LogP contribution in [0, 0.1) is 28.1 Å². The van der Waals surface area contributed by atoms with E-state index < -0.39 is 0 Å². The van der Waals surface area contributed by atoms with E-state index in [1.807, 2.05) is 45.0 Å². The normalized spacial score (nSPS) is 12.3. The topological polar surface area (TPSA) is 81.2 Å². The quantitative estimate of drug-likeness (QED) is 0.665. The van der Waals surface area contributed by atoms with E-state index in [0.29, 0.717) is 6.54 Å². The van der Waals surface area contributed by atoms with Crippen molar-refractivity contribution in [2.75, 3.05) is 19.0 Å². The molecule has 1 rings (SSSR count). The first-order valence-corrected chi connectivity index (χ1v) is 6.85. The number of nitrogens with one attached hydrogen (secondary N) is 1. The monoisotopic (exact) mass is 296 g/mol. The highest BCUT2D eigenvalue weighted by atomic mass is 16.5. The van der Waals surface area contributed by atoms with Crippen molar-refractivity contribution in [3.05, 3.63) is 36.0 Å². The Morgan fingerprint density at radius 2 is 1.86 bits per heavy atom. The van der Waals surface area contributed by atoms with Gasteiger partial charge in [-0.3, -0.25) is 4.99 Å². The first-order chi connectivity index (χ1) is 10.4. The number of methoxy groups -OCH3 is 1. The fourth-order valence-corrected chi connectivity index (χ4v) is 1.49. The number of allylic oxidation sites excluding steroid dienone is 1. The van der Waals surface area contributed by atoms with Crippen molar-refractivity contribution in [3.63, 3.8) is 0 Å². The standard InChI is InChI=1S/C17H20N4O/c1-17(2,3)12-21-16(10-19)13(9-18)11-20-14-5-7-15(22-4)8-6-14/h5-8,11,20H,12H2,1-4H3/b13-11+,21-16?. The first kappa shape index (κ1) is 17.3. The number of nitrogens with zero attached hydrogens (tertiary/aromatic N) is 3. The molecule has 0 bridgehead atoms. The van der Waals surface area contributed by atoms with Crippen LogP contribution in [0.3, 0.4) is 0 Å². The van der Waals surface area contributed by atoms with E-state index in [1.165, 1.54) is 6.20 Å². The molecule has 0 aromatic heterocycles. The Labute approximate surface area is 131 Å². The van der Waals surface area contributed by atoms with Gasteiger partial charge in [-0.15, -0.1) is 0 Å². The van der Waals surface area contributed by atoms with E-state index in [0.717, 1.165) is 11.4 Å². The van der Waals surface area contributed by atoms with Crippen LogP contribution >= 0.6 is 0 Å². The summed E-state index contributed by atoms with van der Waals surface area (Å²) in [6, 6.07) is 11.2. The SMILES string of the molecule is COc1ccc(N/C=C(\C#N)C(C#N)=NCC(C)(C)C)cc1. The van der Waals surface area contributed by atoms with Crippen LogP contribution in [-0.4, -0.2) is 19.4 Å². The second-order valence-electron chi connectivity index (χ2n) is 5.88. The van der Waals surface area contributed by atoms with Gasteiger partial charge in [-0.25, -0.2) is 0 Å². The van der Waals surface area contributed by atoms with Crippen LogP contribution in [0.5, 0.6) is 5.75 Å². The van der Waals surface area contributed by atoms with Gasteiger partial charge in [0.05, 0.1) is 7.11 Å². The minimum atomic E-state index is -0.0356. The Balaban J connectivity index is 2.89. The molecular weight excluding hydrogens is 276 g/mol. The van der Waals surface area contributed by atoms with Crippen LogP contribution in [0.25, 0.3) is 0 Å². The Bertz CT molecular complexity index is 637. The summed E-state index contributed by atoms with van der Waals surface area (Å²) in [5.41, 5.74) is 1.11. The molecule has 0 unspecified atom stereocenters. The highest BCUT2D eigenvalue weighted by molar-refractivity contribution is 6.14. The summed E-state index contributed by atoms with van der Waals surface area (Å²) >= 11 is 0. The third-order valence-electron chi connectivity index (χ3n) is 2.67. The van der Waals surface area contributed by atoms with Crippen LogP contribution < -0.4 is 10.1 Å². The van der Waals surface area contributed by atoms with Gasteiger partial charge >= 0.3 is 0 Å². The van der Waals surface area contributed by atoms with Crippen LogP contribution in [-0.2, 0) is 0 Å². The predicted octanol–water partition coefficient (Wildman–Crippen LogP) is 3.53. The zero-order chi connectivity index (χ0) is 16.6. The molecule has 0 heterocycles. The lowest BCUT2D eigenvalue weighted by Crippen LogP contribution is -2.12. The summed E-state index contributed by atoms with van der Waals surface area (Å²) in [4.78, 5) is 4.23. The summed E-state index contributed by atoms with van der Waals surface area (Å²) in [6.45, 7) is 6.56. The van der Waals surface area contributed by atoms with E-state index >= 15 is 0 Å². The lowest BCUT2D eigenvalue weighted by molar-refractivity contribution is 0.415. The Morgan fingerprint density at radius 1 is 1.23 bits per heavy atom. The van der Waals surface area contributed by atoms with Gasteiger partial charge in [0.1, 0.15) is 23.5 Å². The molecule has 0 saturated carbocycles. The number of benzene rings is 1. The Morgan fingerprint density at radius 3 is 2.32 bits per heavy atom. The lowest BCUT2D eigenvalue weighted by atomic mass is 9.97. The minimum absolute atomic E-state index is 0.0356. The molecule has 0 atom stereocenters. The van der Waals surface area contributed by atoms with Gasteiger partial charge in [0.15, 0.2) is 5.71 Å². The van der Waals surface area contributed by atoms with E-state index in [1.54, 1.807) is 19.2 Å². The molecule has 0 aliphatic heterocycles. The summed E-state index contributed by atoms with van der Waals surface area (Å²) < 4.78 is 5.08. The summed E-state index contributed by atoms with van der Waals surface area (Å²) in [7, 11) is 1.60. The number of hydrogen-bond acceptors (Lipinski definition) is 5. The highest BCUT2D eigenvalue weighted by Crippen LogP contribution is 2.16. The predicted molar refractivity (Wildman–Crippen MR) is 87.7 cm³/mol. The number of nitriles is 2. The molecule has 1 N–H and O–H groups in total. The van der Waals surface area contributed by atoms with Crippen molar-refractivity contribution < 1.29 is 4.74 Å². The van der Waals surface area contributed by atoms with Crippen LogP contribution in [0.1, 0.15) is 20.8 Å². The zero-order valence-corrected chi connectivity index (χ0v) is 13.3. The molecule has 1 aromatic carbocycles. The van der Waals surface area contributed by atoms with E-state index in [2.05, 4.69) is 10.3 Å². The van der Waals surface area contributed by atoms with E-state index in [9.17, 15) is 10.5 Å². The fraction of sp³-hybridized carbons (Fsp3) is 0.353.